The van der Waals surface area contributed by atoms with Gasteiger partial charge in [-0.2, -0.15) is 0 Å². The van der Waals surface area contributed by atoms with Crippen molar-refractivity contribution in [3.8, 4) is 23.0 Å². The number of para-hydroxylation sites is 2. The Labute approximate surface area is 208 Å². The van der Waals surface area contributed by atoms with E-state index in [4.69, 9.17) is 14.2 Å². The van der Waals surface area contributed by atoms with Crippen molar-refractivity contribution in [2.45, 2.75) is 6.54 Å². The molecule has 0 atom stereocenters. The maximum absolute atomic E-state index is 14.2. The number of nitrogens with zero attached hydrogens (tertiary/aromatic N) is 2. The zero-order valence-corrected chi connectivity index (χ0v) is 20.2. The Bertz CT molecular complexity index is 1330. The molecule has 3 aromatic carbocycles. The lowest BCUT2D eigenvalue weighted by atomic mass is 10.0. The molecule has 0 radical (unpaired) electrons. The summed E-state index contributed by atoms with van der Waals surface area (Å²) in [5.41, 5.74) is 2.20. The Balaban J connectivity index is 1.36. The van der Waals surface area contributed by atoms with Crippen molar-refractivity contribution >= 4 is 17.5 Å². The van der Waals surface area contributed by atoms with E-state index in [1.807, 2.05) is 11.0 Å². The second-order valence-electron chi connectivity index (χ2n) is 8.68. The molecule has 36 heavy (non-hydrogen) atoms. The summed E-state index contributed by atoms with van der Waals surface area (Å²) in [6.45, 7) is 3.06. The third-order valence-corrected chi connectivity index (χ3v) is 6.58. The maximum atomic E-state index is 14.2. The van der Waals surface area contributed by atoms with Crippen LogP contribution in [-0.2, 0) is 6.54 Å². The van der Waals surface area contributed by atoms with Crippen LogP contribution in [0.4, 0.5) is 10.1 Å². The minimum Gasteiger partial charge on any atom is -0.507 e. The molecule has 2 aliphatic heterocycles. The molecule has 3 aromatic rings. The second kappa shape index (κ2) is 9.91. The summed E-state index contributed by atoms with van der Waals surface area (Å²) < 4.78 is 31.0. The number of hydrogen-bond acceptors (Lipinski definition) is 7. The van der Waals surface area contributed by atoms with Crippen molar-refractivity contribution in [3.05, 3.63) is 82.9 Å². The Morgan fingerprint density at radius 2 is 1.78 bits per heavy atom. The fourth-order valence-corrected chi connectivity index (χ4v) is 4.70. The number of phenols is 1. The summed E-state index contributed by atoms with van der Waals surface area (Å²) in [7, 11) is 3.08. The van der Waals surface area contributed by atoms with E-state index in [2.05, 4.69) is 4.90 Å². The number of hydrogen-bond donors (Lipinski definition) is 1. The summed E-state index contributed by atoms with van der Waals surface area (Å²) >= 11 is 0. The molecule has 0 amide bonds. The topological polar surface area (TPSA) is 71.5 Å². The number of methoxy groups -OCH3 is 2. The third-order valence-electron chi connectivity index (χ3n) is 6.58. The predicted octanol–water partition coefficient (Wildman–Crippen LogP) is 4.49. The predicted molar refractivity (Wildman–Crippen MR) is 134 cm³/mol. The zero-order chi connectivity index (χ0) is 25.2. The lowest BCUT2D eigenvalue weighted by molar-refractivity contribution is 0.101. The number of anilines is 1. The van der Waals surface area contributed by atoms with Crippen LogP contribution in [0.1, 0.15) is 21.5 Å². The van der Waals surface area contributed by atoms with Crippen LogP contribution in [0.5, 0.6) is 23.0 Å². The molecule has 2 aliphatic rings. The fraction of sp³-hybridized carbons (Fsp3) is 0.250. The number of rotatable bonds is 6. The van der Waals surface area contributed by atoms with E-state index in [0.717, 1.165) is 0 Å². The summed E-state index contributed by atoms with van der Waals surface area (Å²) in [5, 5.41) is 10.7. The van der Waals surface area contributed by atoms with Gasteiger partial charge in [0.2, 0.25) is 5.78 Å². The smallest absolute Gasteiger partial charge is 0.231 e. The molecule has 186 valence electrons. The van der Waals surface area contributed by atoms with Gasteiger partial charge in [0.15, 0.2) is 17.3 Å². The molecule has 5 rings (SSSR count). The molecule has 7 nitrogen and oxygen atoms in total. The van der Waals surface area contributed by atoms with Crippen molar-refractivity contribution in [3.63, 3.8) is 0 Å². The van der Waals surface area contributed by atoms with Crippen LogP contribution in [-0.4, -0.2) is 56.2 Å². The fourth-order valence-electron chi connectivity index (χ4n) is 4.70. The highest BCUT2D eigenvalue weighted by Gasteiger charge is 2.32. The molecule has 8 heteroatoms. The van der Waals surface area contributed by atoms with Gasteiger partial charge in [0.1, 0.15) is 17.3 Å². The normalized spacial score (nSPS) is 16.7. The number of Topliss-reactive ketones (excluding diaryl/α,β-unsaturated/α-hetero) is 1. The van der Waals surface area contributed by atoms with Crippen molar-refractivity contribution in [2.75, 3.05) is 45.3 Å². The SMILES string of the molecule is COc1cccc(C=C2Oc3c(ccc(O)c3CN3CCN(c4ccccc4F)CC3)C2=O)c1OC. The van der Waals surface area contributed by atoms with Crippen LogP contribution in [0.3, 0.4) is 0 Å². The number of halogens is 1. The van der Waals surface area contributed by atoms with Crippen LogP contribution in [0.25, 0.3) is 6.08 Å². The molecule has 1 fully saturated rings. The first-order valence-corrected chi connectivity index (χ1v) is 11.7. The van der Waals surface area contributed by atoms with E-state index in [-0.39, 0.29) is 23.1 Å². The first-order valence-electron chi connectivity index (χ1n) is 11.7. The lowest BCUT2D eigenvalue weighted by Gasteiger charge is -2.36. The number of phenolic OH excluding ortho intramolecular Hbond substituents is 1. The zero-order valence-electron chi connectivity index (χ0n) is 20.2. The number of allylic oxidation sites excluding steroid dienone is 1. The molecule has 1 saturated heterocycles. The summed E-state index contributed by atoms with van der Waals surface area (Å²) in [5.74, 6) is 1.12. The lowest BCUT2D eigenvalue weighted by Crippen LogP contribution is -2.46. The van der Waals surface area contributed by atoms with Gasteiger partial charge in [0.05, 0.1) is 31.0 Å². The van der Waals surface area contributed by atoms with E-state index >= 15 is 0 Å². The molecule has 2 heterocycles. The standard InChI is InChI=1S/C28H27FN2O5/c1-34-24-9-5-6-18(27(24)35-2)16-25-26(33)19-10-11-23(32)20(28(19)36-25)17-30-12-14-31(15-13-30)22-8-4-3-7-21(22)29/h3-11,16,32H,12-15,17H2,1-2H3. The third kappa shape index (κ3) is 4.35. The highest BCUT2D eigenvalue weighted by molar-refractivity contribution is 6.15. The van der Waals surface area contributed by atoms with E-state index in [9.17, 15) is 14.3 Å². The van der Waals surface area contributed by atoms with Crippen molar-refractivity contribution in [2.24, 2.45) is 0 Å². The van der Waals surface area contributed by atoms with E-state index in [1.54, 1.807) is 49.6 Å². The number of ketones is 1. The Kier molecular flexibility index (Phi) is 6.52. The molecule has 0 aromatic heterocycles. The highest BCUT2D eigenvalue weighted by atomic mass is 19.1. The molecule has 0 saturated carbocycles. The minimum absolute atomic E-state index is 0.0679. The van der Waals surface area contributed by atoms with Gasteiger partial charge in [-0.3, -0.25) is 9.69 Å². The van der Waals surface area contributed by atoms with E-state index < -0.39 is 0 Å². The Morgan fingerprint density at radius 1 is 1.00 bits per heavy atom. The molecule has 0 bridgehead atoms. The van der Waals surface area contributed by atoms with Crippen molar-refractivity contribution in [1.29, 1.82) is 0 Å². The largest absolute Gasteiger partial charge is 0.507 e. The Hall–Kier alpha value is -4.04. The first kappa shape index (κ1) is 23.7. The average Bonchev–Trinajstić information content (AvgIpc) is 3.21. The van der Waals surface area contributed by atoms with Crippen molar-refractivity contribution < 1.29 is 28.5 Å². The van der Waals surface area contributed by atoms with Gasteiger partial charge >= 0.3 is 0 Å². The Morgan fingerprint density at radius 3 is 2.50 bits per heavy atom. The summed E-state index contributed by atoms with van der Waals surface area (Å²) in [6.07, 6.45) is 1.62. The summed E-state index contributed by atoms with van der Waals surface area (Å²) in [4.78, 5) is 17.3. The van der Waals surface area contributed by atoms with Gasteiger partial charge in [-0.1, -0.05) is 24.3 Å². The molecule has 0 aliphatic carbocycles. The molecule has 0 spiro atoms. The van der Waals surface area contributed by atoms with E-state index in [1.165, 1.54) is 19.2 Å². The van der Waals surface area contributed by atoms with Gasteiger partial charge in [0, 0.05) is 38.3 Å². The summed E-state index contributed by atoms with van der Waals surface area (Å²) in [6, 6.07) is 15.3. The second-order valence-corrected chi connectivity index (χ2v) is 8.68. The molecular formula is C28H27FN2O5. The van der Waals surface area contributed by atoms with Gasteiger partial charge < -0.3 is 24.2 Å². The maximum Gasteiger partial charge on any atom is 0.231 e. The quantitative estimate of drug-likeness (QED) is 0.511. The molecular weight excluding hydrogens is 463 g/mol. The van der Waals surface area contributed by atoms with Crippen LogP contribution < -0.4 is 19.1 Å². The monoisotopic (exact) mass is 490 g/mol. The van der Waals surface area contributed by atoms with Crippen LogP contribution in [0.15, 0.2) is 60.4 Å². The van der Waals surface area contributed by atoms with Crippen LogP contribution in [0, 0.1) is 5.82 Å². The number of benzene rings is 3. The number of aromatic hydroxyl groups is 1. The van der Waals surface area contributed by atoms with Crippen LogP contribution in [0.2, 0.25) is 0 Å². The first-order chi connectivity index (χ1) is 17.5. The van der Waals surface area contributed by atoms with Gasteiger partial charge in [0.25, 0.3) is 0 Å². The number of fused-ring (bicyclic) bond motifs is 1. The van der Waals surface area contributed by atoms with Gasteiger partial charge in [-0.05, 0) is 36.4 Å². The number of carbonyl (C=O) groups excluding carboxylic acids is 1. The van der Waals surface area contributed by atoms with E-state index in [0.29, 0.717) is 72.4 Å². The van der Waals surface area contributed by atoms with Gasteiger partial charge in [-0.25, -0.2) is 4.39 Å². The average molecular weight is 491 g/mol. The van der Waals surface area contributed by atoms with Crippen molar-refractivity contribution in [1.82, 2.24) is 4.90 Å². The minimum atomic E-state index is -0.263. The van der Waals surface area contributed by atoms with Crippen LogP contribution >= 0.6 is 0 Å². The van der Waals surface area contributed by atoms with Gasteiger partial charge in [-0.15, -0.1) is 0 Å². The molecule has 0 unspecified atom stereocenters. The number of ether oxygens (including phenoxy) is 3. The molecule has 1 N–H and O–H groups in total. The number of piperazine rings is 1. The number of carbonyl (C=O) groups is 1. The highest BCUT2D eigenvalue weighted by Crippen LogP contribution is 2.41.